The van der Waals surface area contributed by atoms with Gasteiger partial charge in [-0.05, 0) is 96.3 Å². The smallest absolute Gasteiger partial charge is 0.387 e. The number of amides is 1. The Labute approximate surface area is 438 Å². The maximum Gasteiger partial charge on any atom is 0.472 e. The number of nitrogens with one attached hydrogen (secondary N) is 1. The maximum absolute atomic E-state index is 13.0. The zero-order valence-electron chi connectivity index (χ0n) is 46.4. The van der Waals surface area contributed by atoms with Gasteiger partial charge in [0.2, 0.25) is 5.91 Å². The lowest BCUT2D eigenvalue weighted by atomic mass is 10.0. The van der Waals surface area contributed by atoms with Crippen LogP contribution in [-0.4, -0.2) is 73.4 Å². The molecule has 0 heterocycles. The van der Waals surface area contributed by atoms with Crippen molar-refractivity contribution in [3.05, 3.63) is 109 Å². The molecule has 0 aliphatic heterocycles. The third-order valence-corrected chi connectivity index (χ3v) is 13.2. The first-order valence-electron chi connectivity index (χ1n) is 28.8. The Bertz CT molecular complexity index is 1520. The number of allylic oxidation sites excluding steroid dienone is 17. The molecule has 71 heavy (non-hydrogen) atoms. The standard InChI is InChI=1S/C62H109N2O6P/c1-6-8-10-12-14-16-18-20-22-24-26-28-30-31-32-34-35-37-39-41-43-45-47-49-51-53-55-61(65)60(59-70-71(67,68)69-58-57-64(3,4)5)63-62(66)56-54-52-50-48-46-44-42-40-38-36-33-29-27-25-23-21-19-17-15-13-11-9-7-2/h9,11,15,17,21,23,27,29,36-39,42,44-45,47,53,55,60-61,65H,6-8,10,12-14,16,18-20,22,24-26,28,30-35,40-41,43,46,48-52,54,56-59H2,1-5H3,(H-,63,66,67,68)/p+1/b11-9-,17-15-,23-21-,29-27-,38-36-,39-37+,44-42-,47-45+,55-53+. The maximum atomic E-state index is 13.0. The second-order valence-electron chi connectivity index (χ2n) is 20.3. The first-order chi connectivity index (χ1) is 34.5. The normalized spacial score (nSPS) is 14.7. The van der Waals surface area contributed by atoms with Crippen molar-refractivity contribution in [2.45, 2.75) is 238 Å². The van der Waals surface area contributed by atoms with Gasteiger partial charge in [-0.15, -0.1) is 0 Å². The van der Waals surface area contributed by atoms with Crippen LogP contribution < -0.4 is 5.32 Å². The topological polar surface area (TPSA) is 105 Å². The van der Waals surface area contributed by atoms with Crippen molar-refractivity contribution in [1.29, 1.82) is 0 Å². The predicted molar refractivity (Wildman–Crippen MR) is 309 cm³/mol. The van der Waals surface area contributed by atoms with Gasteiger partial charge in [-0.1, -0.05) is 232 Å². The number of unbranched alkanes of at least 4 members (excludes halogenated alkanes) is 22. The Morgan fingerprint density at radius 1 is 0.493 bits per heavy atom. The van der Waals surface area contributed by atoms with Crippen LogP contribution in [0.4, 0.5) is 0 Å². The van der Waals surface area contributed by atoms with E-state index in [0.717, 1.165) is 96.3 Å². The number of carbonyl (C=O) groups is 1. The summed E-state index contributed by atoms with van der Waals surface area (Å²) in [4.78, 5) is 23.3. The first kappa shape index (κ1) is 68.2. The summed E-state index contributed by atoms with van der Waals surface area (Å²) in [5.74, 6) is -0.219. The van der Waals surface area contributed by atoms with Gasteiger partial charge < -0.3 is 19.8 Å². The van der Waals surface area contributed by atoms with Crippen LogP contribution in [-0.2, 0) is 18.4 Å². The molecule has 0 fully saturated rings. The molecule has 0 aliphatic carbocycles. The average molecular weight is 1010 g/mol. The van der Waals surface area contributed by atoms with E-state index in [2.05, 4.69) is 116 Å². The molecular formula is C62H110N2O6P+. The number of quaternary nitrogens is 1. The van der Waals surface area contributed by atoms with Crippen LogP contribution in [0, 0.1) is 0 Å². The van der Waals surface area contributed by atoms with Crippen molar-refractivity contribution in [2.75, 3.05) is 40.9 Å². The molecule has 8 nitrogen and oxygen atoms in total. The summed E-state index contributed by atoms with van der Waals surface area (Å²) in [6, 6.07) is -0.893. The van der Waals surface area contributed by atoms with Gasteiger partial charge in [0, 0.05) is 6.42 Å². The Morgan fingerprint density at radius 2 is 0.859 bits per heavy atom. The van der Waals surface area contributed by atoms with Gasteiger partial charge in [0.25, 0.3) is 0 Å². The van der Waals surface area contributed by atoms with E-state index in [-0.39, 0.29) is 19.1 Å². The number of rotatable bonds is 51. The van der Waals surface area contributed by atoms with E-state index in [4.69, 9.17) is 9.05 Å². The Kier molecular flexibility index (Phi) is 50.0. The molecule has 3 N–H and O–H groups in total. The highest BCUT2D eigenvalue weighted by molar-refractivity contribution is 7.47. The van der Waals surface area contributed by atoms with Crippen LogP contribution in [0.2, 0.25) is 0 Å². The molecule has 3 unspecified atom stereocenters. The molecule has 3 atom stereocenters. The van der Waals surface area contributed by atoms with Crippen molar-refractivity contribution < 1.29 is 32.9 Å². The van der Waals surface area contributed by atoms with Crippen LogP contribution in [0.1, 0.15) is 226 Å². The number of phosphoric acid groups is 1. The number of carbonyl (C=O) groups excluding carboxylic acids is 1. The van der Waals surface area contributed by atoms with Crippen LogP contribution in [0.15, 0.2) is 109 Å². The van der Waals surface area contributed by atoms with E-state index < -0.39 is 20.0 Å². The molecule has 0 aromatic rings. The third-order valence-electron chi connectivity index (χ3n) is 12.2. The third kappa shape index (κ3) is 54.8. The Morgan fingerprint density at radius 3 is 1.30 bits per heavy atom. The van der Waals surface area contributed by atoms with E-state index in [0.29, 0.717) is 17.4 Å². The van der Waals surface area contributed by atoms with Gasteiger partial charge in [0.05, 0.1) is 39.9 Å². The van der Waals surface area contributed by atoms with Crippen LogP contribution in [0.25, 0.3) is 0 Å². The molecule has 0 spiro atoms. The second kappa shape index (κ2) is 52.0. The number of hydrogen-bond acceptors (Lipinski definition) is 5. The van der Waals surface area contributed by atoms with Gasteiger partial charge in [0.1, 0.15) is 13.2 Å². The average Bonchev–Trinajstić information content (AvgIpc) is 3.33. The molecule has 0 aromatic heterocycles. The summed E-state index contributed by atoms with van der Waals surface area (Å²) in [5, 5.41) is 13.9. The molecule has 0 aromatic carbocycles. The van der Waals surface area contributed by atoms with E-state index in [1.54, 1.807) is 6.08 Å². The molecule has 0 radical (unpaired) electrons. The number of phosphoric ester groups is 1. The minimum Gasteiger partial charge on any atom is -0.387 e. The van der Waals surface area contributed by atoms with Gasteiger partial charge >= 0.3 is 7.82 Å². The molecule has 0 rings (SSSR count). The Balaban J connectivity index is 4.38. The molecule has 1 amide bonds. The minimum atomic E-state index is -4.38. The molecule has 0 bridgehead atoms. The Hall–Kier alpha value is -2.84. The first-order valence-corrected chi connectivity index (χ1v) is 30.3. The quantitative estimate of drug-likeness (QED) is 0.0243. The van der Waals surface area contributed by atoms with Crippen molar-refractivity contribution >= 4 is 13.7 Å². The summed E-state index contributed by atoms with van der Waals surface area (Å²) in [5.41, 5.74) is 0. The van der Waals surface area contributed by atoms with Crippen molar-refractivity contribution in [1.82, 2.24) is 5.32 Å². The zero-order valence-corrected chi connectivity index (χ0v) is 47.3. The van der Waals surface area contributed by atoms with Crippen molar-refractivity contribution in [3.63, 3.8) is 0 Å². The largest absolute Gasteiger partial charge is 0.472 e. The van der Waals surface area contributed by atoms with Gasteiger partial charge in [0.15, 0.2) is 0 Å². The lowest BCUT2D eigenvalue weighted by Crippen LogP contribution is -2.45. The predicted octanol–water partition coefficient (Wildman–Crippen LogP) is 17.6. The number of likely N-dealkylation sites (N-methyl/N-ethyl adjacent to an activating group) is 1. The van der Waals surface area contributed by atoms with Crippen molar-refractivity contribution in [3.8, 4) is 0 Å². The summed E-state index contributed by atoms with van der Waals surface area (Å²) in [7, 11) is 1.51. The van der Waals surface area contributed by atoms with Crippen molar-refractivity contribution in [2.24, 2.45) is 0 Å². The zero-order chi connectivity index (χ0) is 52.0. The highest BCUT2D eigenvalue weighted by atomic mass is 31.2. The van der Waals surface area contributed by atoms with Gasteiger partial charge in [-0.25, -0.2) is 4.57 Å². The molecule has 0 saturated carbocycles. The molecule has 9 heteroatoms. The van der Waals surface area contributed by atoms with Gasteiger partial charge in [-0.3, -0.25) is 13.8 Å². The monoisotopic (exact) mass is 1010 g/mol. The van der Waals surface area contributed by atoms with Gasteiger partial charge in [-0.2, -0.15) is 0 Å². The molecule has 0 aliphatic rings. The summed E-state index contributed by atoms with van der Waals surface area (Å²) < 4.78 is 23.7. The number of nitrogens with zero attached hydrogens (tertiary/aromatic N) is 1. The highest BCUT2D eigenvalue weighted by Crippen LogP contribution is 2.43. The van der Waals surface area contributed by atoms with E-state index in [1.807, 2.05) is 27.2 Å². The minimum absolute atomic E-state index is 0.0419. The lowest BCUT2D eigenvalue weighted by molar-refractivity contribution is -0.870. The van der Waals surface area contributed by atoms with E-state index in [9.17, 15) is 19.4 Å². The number of aliphatic hydroxyl groups excluding tert-OH is 1. The molecular weight excluding hydrogens is 900 g/mol. The molecule has 408 valence electrons. The van der Waals surface area contributed by atoms with Crippen LogP contribution in [0.5, 0.6) is 0 Å². The fraction of sp³-hybridized carbons (Fsp3) is 0.694. The van der Waals surface area contributed by atoms with E-state index >= 15 is 0 Å². The van der Waals surface area contributed by atoms with Crippen LogP contribution in [0.3, 0.4) is 0 Å². The SMILES string of the molecule is CC/C=C\C/C=C\C/C=C\C/C=C\C/C=C\C/C=C\CCCCCCC(=O)NC(COP(=O)(O)OCC[N+](C)(C)C)C(O)/C=C/CC/C=C/CC/C=C/CCCCCCCCCCCCCCCCCC. The lowest BCUT2D eigenvalue weighted by Gasteiger charge is -2.25. The highest BCUT2D eigenvalue weighted by Gasteiger charge is 2.27. The summed E-state index contributed by atoms with van der Waals surface area (Å²) in [6.07, 6.45) is 76.2. The fourth-order valence-corrected chi connectivity index (χ4v) is 8.46. The van der Waals surface area contributed by atoms with E-state index in [1.165, 1.54) is 109 Å². The second-order valence-corrected chi connectivity index (χ2v) is 21.7. The summed E-state index contributed by atoms with van der Waals surface area (Å²) >= 11 is 0. The molecule has 0 saturated heterocycles. The summed E-state index contributed by atoms with van der Waals surface area (Å²) in [6.45, 7) is 4.65. The number of hydrogen-bond donors (Lipinski definition) is 3. The van der Waals surface area contributed by atoms with Crippen LogP contribution >= 0.6 is 7.82 Å². The fourth-order valence-electron chi connectivity index (χ4n) is 7.72. The number of aliphatic hydroxyl groups is 1.